The van der Waals surface area contributed by atoms with Crippen molar-refractivity contribution in [1.82, 2.24) is 0 Å². The van der Waals surface area contributed by atoms with Gasteiger partial charge in [-0.15, -0.1) is 0 Å². The lowest BCUT2D eigenvalue weighted by Gasteiger charge is -2.45. The standard InChI is InChI=1S/C10H26O6S2Si2/c1-5-19(6-2,9-17(11,12)13)20(7-3,8-4)10-18(14,15)16/h5-10H2,1-4H3,(H,11,12,13)(H,14,15,16). The molecular weight excluding hydrogens is 336 g/mol. The van der Waals surface area contributed by atoms with Crippen LogP contribution in [0.15, 0.2) is 0 Å². The van der Waals surface area contributed by atoms with Gasteiger partial charge in [-0.1, -0.05) is 51.9 Å². The lowest BCUT2D eigenvalue weighted by Crippen LogP contribution is -2.68. The van der Waals surface area contributed by atoms with Crippen molar-refractivity contribution in [3.63, 3.8) is 0 Å². The van der Waals surface area contributed by atoms with Crippen molar-refractivity contribution >= 4 is 35.4 Å². The quantitative estimate of drug-likeness (QED) is 0.479. The summed E-state index contributed by atoms with van der Waals surface area (Å²) in [5.41, 5.74) is 0. The zero-order valence-electron chi connectivity index (χ0n) is 12.6. The molecule has 0 bridgehead atoms. The van der Waals surface area contributed by atoms with Crippen molar-refractivity contribution < 1.29 is 25.9 Å². The van der Waals surface area contributed by atoms with E-state index in [1.807, 2.05) is 27.7 Å². The Labute approximate surface area is 124 Å². The molecule has 6 nitrogen and oxygen atoms in total. The van der Waals surface area contributed by atoms with Gasteiger partial charge in [0.2, 0.25) is 0 Å². The molecule has 0 fully saturated rings. The second-order valence-electron chi connectivity index (χ2n) is 5.43. The van der Waals surface area contributed by atoms with Gasteiger partial charge in [0.1, 0.15) is 0 Å². The van der Waals surface area contributed by atoms with E-state index in [0.717, 1.165) is 0 Å². The van der Waals surface area contributed by atoms with E-state index < -0.39 is 35.4 Å². The number of rotatable bonds is 9. The van der Waals surface area contributed by atoms with E-state index >= 15 is 0 Å². The predicted molar refractivity (Wildman–Crippen MR) is 86.3 cm³/mol. The molecule has 0 spiro atoms. The summed E-state index contributed by atoms with van der Waals surface area (Å²) in [4.78, 5) is 0. The molecule has 0 aromatic carbocycles. The van der Waals surface area contributed by atoms with E-state index in [1.165, 1.54) is 0 Å². The van der Waals surface area contributed by atoms with Crippen molar-refractivity contribution in [2.45, 2.75) is 51.9 Å². The molecule has 0 saturated carbocycles. The fourth-order valence-corrected chi connectivity index (χ4v) is 36.5. The molecule has 20 heavy (non-hydrogen) atoms. The summed E-state index contributed by atoms with van der Waals surface area (Å²) in [5, 5.41) is -0.590. The van der Waals surface area contributed by atoms with Crippen LogP contribution < -0.4 is 0 Å². The molecule has 0 saturated heterocycles. The molecule has 0 amide bonds. The SMILES string of the molecule is CC[Si](CC)(CS(=O)(=O)O)[Si](CC)(CC)CS(=O)(=O)O. The predicted octanol–water partition coefficient (Wildman–Crippen LogP) is 1.90. The minimum absolute atomic E-state index is 0.295. The van der Waals surface area contributed by atoms with Crippen LogP contribution in [-0.2, 0) is 20.2 Å². The van der Waals surface area contributed by atoms with E-state index in [1.54, 1.807) is 0 Å². The van der Waals surface area contributed by atoms with E-state index in [2.05, 4.69) is 0 Å². The molecule has 0 atom stereocenters. The average molecular weight is 363 g/mol. The molecule has 0 unspecified atom stereocenters. The highest BCUT2D eigenvalue weighted by atomic mass is 32.2. The van der Waals surface area contributed by atoms with E-state index in [0.29, 0.717) is 24.2 Å². The molecular formula is C10H26O6S2Si2. The highest BCUT2D eigenvalue weighted by Gasteiger charge is 2.54. The fourth-order valence-electron chi connectivity index (χ4n) is 3.41. The molecule has 2 N–H and O–H groups in total. The molecule has 0 aromatic heterocycles. The summed E-state index contributed by atoms with van der Waals surface area (Å²) >= 11 is 0. The summed E-state index contributed by atoms with van der Waals surface area (Å²) in [7, 11) is -13.3. The Hall–Kier alpha value is 0.254. The Kier molecular flexibility index (Phi) is 7.10. The number of hydrogen-bond acceptors (Lipinski definition) is 4. The molecule has 122 valence electrons. The summed E-state index contributed by atoms with van der Waals surface area (Å²) in [6, 6.07) is 2.42. The van der Waals surface area contributed by atoms with E-state index in [9.17, 15) is 25.9 Å². The van der Waals surface area contributed by atoms with Crippen LogP contribution in [0.2, 0.25) is 24.2 Å². The monoisotopic (exact) mass is 362 g/mol. The van der Waals surface area contributed by atoms with Gasteiger partial charge in [0, 0.05) is 0 Å². The highest BCUT2D eigenvalue weighted by molar-refractivity contribution is 7.91. The van der Waals surface area contributed by atoms with Gasteiger partial charge in [-0.25, -0.2) is 0 Å². The summed E-state index contributed by atoms with van der Waals surface area (Å²) in [6.45, 7) is 7.49. The third-order valence-electron chi connectivity index (χ3n) is 4.75. The lowest BCUT2D eigenvalue weighted by molar-refractivity contribution is 0.485. The first-order valence-electron chi connectivity index (χ1n) is 6.81. The second kappa shape index (κ2) is 7.01. The van der Waals surface area contributed by atoms with Crippen LogP contribution in [0.3, 0.4) is 0 Å². The zero-order valence-corrected chi connectivity index (χ0v) is 16.2. The Bertz CT molecular complexity index is 458. The first kappa shape index (κ1) is 20.3. The van der Waals surface area contributed by atoms with Gasteiger partial charge in [-0.2, -0.15) is 16.8 Å². The fraction of sp³-hybridized carbons (Fsp3) is 1.00. The minimum atomic E-state index is -4.14. The molecule has 0 aliphatic heterocycles. The van der Waals surface area contributed by atoms with Crippen LogP contribution in [0, 0.1) is 0 Å². The Balaban J connectivity index is 6.03. The van der Waals surface area contributed by atoms with Gasteiger partial charge < -0.3 is 0 Å². The topological polar surface area (TPSA) is 109 Å². The maximum atomic E-state index is 11.4. The Morgan fingerprint density at radius 3 is 0.950 bits per heavy atom. The van der Waals surface area contributed by atoms with Crippen LogP contribution in [-0.4, -0.2) is 51.9 Å². The van der Waals surface area contributed by atoms with Crippen molar-refractivity contribution in [3.8, 4) is 0 Å². The summed E-state index contributed by atoms with van der Waals surface area (Å²) < 4.78 is 64.2. The molecule has 0 aliphatic carbocycles. The Morgan fingerprint density at radius 1 is 0.650 bits per heavy atom. The lowest BCUT2D eigenvalue weighted by atomic mass is 10.9. The molecule has 10 heteroatoms. The summed E-state index contributed by atoms with van der Waals surface area (Å²) in [5.74, 6) is 0. The molecule has 0 rings (SSSR count). The molecule has 0 heterocycles. The average Bonchev–Trinajstić information content (AvgIpc) is 2.30. The first-order valence-corrected chi connectivity index (χ1v) is 16.3. The summed E-state index contributed by atoms with van der Waals surface area (Å²) in [6.07, 6.45) is 0. The zero-order chi connectivity index (χ0) is 16.2. The normalized spacial score (nSPS) is 14.5. The molecule has 0 aliphatic rings. The minimum Gasteiger partial charge on any atom is -0.286 e. The van der Waals surface area contributed by atoms with Crippen LogP contribution in [0.4, 0.5) is 0 Å². The number of hydrogen-bond donors (Lipinski definition) is 2. The van der Waals surface area contributed by atoms with E-state index in [-0.39, 0.29) is 10.8 Å². The van der Waals surface area contributed by atoms with Crippen LogP contribution in [0.1, 0.15) is 27.7 Å². The van der Waals surface area contributed by atoms with Gasteiger partial charge in [-0.3, -0.25) is 9.11 Å². The van der Waals surface area contributed by atoms with Crippen LogP contribution >= 0.6 is 0 Å². The van der Waals surface area contributed by atoms with Crippen molar-refractivity contribution in [2.24, 2.45) is 0 Å². The van der Waals surface area contributed by atoms with Crippen LogP contribution in [0.25, 0.3) is 0 Å². The Morgan fingerprint density at radius 2 is 0.850 bits per heavy atom. The largest absolute Gasteiger partial charge is 0.286 e. The maximum Gasteiger partial charge on any atom is 0.262 e. The highest BCUT2D eigenvalue weighted by Crippen LogP contribution is 2.35. The molecule has 0 radical (unpaired) electrons. The van der Waals surface area contributed by atoms with Gasteiger partial charge in [0.15, 0.2) is 0 Å². The van der Waals surface area contributed by atoms with E-state index in [4.69, 9.17) is 0 Å². The van der Waals surface area contributed by atoms with Gasteiger partial charge in [-0.05, 0) is 0 Å². The van der Waals surface area contributed by atoms with Crippen molar-refractivity contribution in [3.05, 3.63) is 0 Å². The van der Waals surface area contributed by atoms with Crippen molar-refractivity contribution in [2.75, 3.05) is 10.8 Å². The third kappa shape index (κ3) is 4.91. The van der Waals surface area contributed by atoms with Gasteiger partial charge in [0.25, 0.3) is 20.2 Å². The molecule has 0 aromatic rings. The third-order valence-corrected chi connectivity index (χ3v) is 33.3. The first-order chi connectivity index (χ1) is 8.91. The van der Waals surface area contributed by atoms with Crippen molar-refractivity contribution in [1.29, 1.82) is 0 Å². The second-order valence-corrected chi connectivity index (χ2v) is 24.4. The van der Waals surface area contributed by atoms with Crippen LogP contribution in [0.5, 0.6) is 0 Å². The maximum absolute atomic E-state index is 11.4. The van der Waals surface area contributed by atoms with Gasteiger partial charge in [0.05, 0.1) is 25.9 Å². The van der Waals surface area contributed by atoms with Gasteiger partial charge >= 0.3 is 0 Å². The smallest absolute Gasteiger partial charge is 0.262 e.